The van der Waals surface area contributed by atoms with Gasteiger partial charge >= 0.3 is 5.97 Å². The van der Waals surface area contributed by atoms with Gasteiger partial charge in [-0.2, -0.15) is 4.98 Å². The van der Waals surface area contributed by atoms with E-state index in [9.17, 15) is 18.0 Å². The number of carbonyl (C=O) groups excluding carboxylic acids is 2. The Bertz CT molecular complexity index is 2130. The van der Waals surface area contributed by atoms with E-state index in [2.05, 4.69) is 40.9 Å². The Labute approximate surface area is 331 Å². The predicted octanol–water partition coefficient (Wildman–Crippen LogP) is 8.26. The van der Waals surface area contributed by atoms with Gasteiger partial charge in [0.1, 0.15) is 5.02 Å². The average Bonchev–Trinajstić information content (AvgIpc) is 3.69. The highest BCUT2D eigenvalue weighted by atomic mass is 35.5. The van der Waals surface area contributed by atoms with E-state index >= 15 is 0 Å². The first-order valence-corrected chi connectivity index (χ1v) is 20.5. The summed E-state index contributed by atoms with van der Waals surface area (Å²) in [5, 5.41) is 16.1. The van der Waals surface area contributed by atoms with E-state index in [4.69, 9.17) is 21.1 Å². The molecular formula is C40H46ClN7O7S. The summed E-state index contributed by atoms with van der Waals surface area (Å²) in [6.45, 7) is 0.721. The molecule has 0 fully saturated rings. The molecule has 14 nitrogen and oxygen atoms in total. The maximum atomic E-state index is 12.8. The number of para-hydroxylation sites is 1. The van der Waals surface area contributed by atoms with Crippen molar-refractivity contribution in [3.05, 3.63) is 101 Å². The van der Waals surface area contributed by atoms with Crippen LogP contribution in [0.15, 0.2) is 99.6 Å². The van der Waals surface area contributed by atoms with Crippen molar-refractivity contribution in [1.29, 1.82) is 0 Å². The summed E-state index contributed by atoms with van der Waals surface area (Å²) in [6.07, 6.45) is 11.9. The first-order chi connectivity index (χ1) is 27.2. The monoisotopic (exact) mass is 803 g/mol. The standard InChI is InChI=1S/C40H46ClN7O7S/c1-42-37(50)32-22-13-14-23-34(32)45-36-33(41)28-43-40(46-36)44-30-19-17-18-29(26-30)27-35(49)53-24-15-8-6-4-2-3-5-7-9-16-25-54-38-39(48-55-47-38)56(51,52)31-20-11-10-12-21-31/h10-14,17-23,26,28H,2-9,15-16,24-25,27H2,1H3,(H,42,50)(H2,43,44,45,46). The van der Waals surface area contributed by atoms with Gasteiger partial charge in [0.25, 0.3) is 16.8 Å². The van der Waals surface area contributed by atoms with Crippen LogP contribution >= 0.6 is 11.6 Å². The number of esters is 1. The molecular weight excluding hydrogens is 758 g/mol. The lowest BCUT2D eigenvalue weighted by atomic mass is 10.1. The fourth-order valence-electron chi connectivity index (χ4n) is 5.78. The van der Waals surface area contributed by atoms with Crippen molar-refractivity contribution >= 4 is 56.5 Å². The number of halogens is 1. The van der Waals surface area contributed by atoms with Crippen LogP contribution in [0.4, 0.5) is 23.1 Å². The number of ether oxygens (including phenoxy) is 2. The van der Waals surface area contributed by atoms with Gasteiger partial charge in [0.15, 0.2) is 5.82 Å². The van der Waals surface area contributed by atoms with Crippen LogP contribution < -0.4 is 20.7 Å². The molecule has 0 spiro atoms. The molecule has 296 valence electrons. The number of hydrogen-bond donors (Lipinski definition) is 3. The number of hydrogen-bond acceptors (Lipinski definition) is 13. The SMILES string of the molecule is CNC(=O)c1ccccc1Nc1nc(Nc2cccc(CC(=O)OCCCCCCCCCCCCOc3nonc3S(=O)(=O)c3ccccc3)c2)ncc1Cl. The Kier molecular flexibility index (Phi) is 16.0. The number of sulfone groups is 1. The number of benzene rings is 3. The largest absolute Gasteiger partial charge is 0.473 e. The number of amides is 1. The van der Waals surface area contributed by atoms with Gasteiger partial charge in [-0.3, -0.25) is 9.59 Å². The van der Waals surface area contributed by atoms with Gasteiger partial charge in [-0.1, -0.05) is 105 Å². The quantitative estimate of drug-likeness (QED) is 0.0423. The van der Waals surface area contributed by atoms with E-state index < -0.39 is 9.84 Å². The number of rotatable bonds is 23. The molecule has 0 bridgehead atoms. The minimum Gasteiger partial charge on any atom is -0.473 e. The molecule has 16 heteroatoms. The van der Waals surface area contributed by atoms with Gasteiger partial charge in [-0.05, 0) is 65.1 Å². The van der Waals surface area contributed by atoms with Crippen LogP contribution in [0, 0.1) is 0 Å². The number of nitrogens with one attached hydrogen (secondary N) is 3. The Morgan fingerprint density at radius 2 is 1.46 bits per heavy atom. The van der Waals surface area contributed by atoms with E-state index in [1.165, 1.54) is 18.3 Å². The van der Waals surface area contributed by atoms with E-state index in [1.54, 1.807) is 49.5 Å². The minimum atomic E-state index is -3.86. The second-order valence-electron chi connectivity index (χ2n) is 12.9. The lowest BCUT2D eigenvalue weighted by Gasteiger charge is -2.13. The van der Waals surface area contributed by atoms with Gasteiger partial charge in [0.05, 0.1) is 42.0 Å². The van der Waals surface area contributed by atoms with Crippen molar-refractivity contribution in [2.24, 2.45) is 0 Å². The van der Waals surface area contributed by atoms with Crippen molar-refractivity contribution in [2.45, 2.75) is 80.6 Å². The van der Waals surface area contributed by atoms with E-state index in [0.29, 0.717) is 36.0 Å². The summed E-state index contributed by atoms with van der Waals surface area (Å²) in [4.78, 5) is 33.7. The van der Waals surface area contributed by atoms with Crippen LogP contribution in [0.3, 0.4) is 0 Å². The molecule has 2 aromatic heterocycles. The first kappa shape index (κ1) is 41.6. The fraction of sp³-hybridized carbons (Fsp3) is 0.350. The summed E-state index contributed by atoms with van der Waals surface area (Å²) < 4.78 is 41.3. The Morgan fingerprint density at radius 3 is 2.20 bits per heavy atom. The summed E-state index contributed by atoms with van der Waals surface area (Å²) in [5.41, 5.74) is 2.47. The van der Waals surface area contributed by atoms with Crippen LogP contribution in [-0.4, -0.2) is 60.8 Å². The first-order valence-electron chi connectivity index (χ1n) is 18.6. The zero-order valence-corrected chi connectivity index (χ0v) is 32.8. The molecule has 2 heterocycles. The van der Waals surface area contributed by atoms with E-state index in [-0.39, 0.29) is 45.1 Å². The van der Waals surface area contributed by atoms with Crippen molar-refractivity contribution in [3.8, 4) is 5.88 Å². The topological polar surface area (TPSA) is 188 Å². The van der Waals surface area contributed by atoms with Crippen LogP contribution in [0.2, 0.25) is 5.02 Å². The van der Waals surface area contributed by atoms with Crippen LogP contribution in [0.5, 0.6) is 5.88 Å². The summed E-state index contributed by atoms with van der Waals surface area (Å²) in [7, 11) is -2.30. The van der Waals surface area contributed by atoms with Crippen molar-refractivity contribution in [3.63, 3.8) is 0 Å². The van der Waals surface area contributed by atoms with Crippen molar-refractivity contribution in [2.75, 3.05) is 30.9 Å². The van der Waals surface area contributed by atoms with Crippen LogP contribution in [0.1, 0.15) is 80.1 Å². The second-order valence-corrected chi connectivity index (χ2v) is 15.2. The Hall–Kier alpha value is -5.54. The molecule has 3 aromatic carbocycles. The number of nitrogens with zero attached hydrogens (tertiary/aromatic N) is 4. The van der Waals surface area contributed by atoms with Gasteiger partial charge in [0.2, 0.25) is 15.8 Å². The highest BCUT2D eigenvalue weighted by molar-refractivity contribution is 7.91. The van der Waals surface area contributed by atoms with Crippen molar-refractivity contribution < 1.29 is 32.1 Å². The zero-order valence-electron chi connectivity index (χ0n) is 31.2. The predicted molar refractivity (Wildman–Crippen MR) is 212 cm³/mol. The third-order valence-corrected chi connectivity index (χ3v) is 10.6. The molecule has 0 radical (unpaired) electrons. The fourth-order valence-corrected chi connectivity index (χ4v) is 7.12. The van der Waals surface area contributed by atoms with Crippen LogP contribution in [0.25, 0.3) is 0 Å². The second kappa shape index (κ2) is 21.5. The highest BCUT2D eigenvalue weighted by Gasteiger charge is 2.28. The number of unbranched alkanes of at least 4 members (excludes halogenated alkanes) is 9. The molecule has 0 aliphatic heterocycles. The van der Waals surface area contributed by atoms with Gasteiger partial charge in [0, 0.05) is 12.7 Å². The lowest BCUT2D eigenvalue weighted by molar-refractivity contribution is -0.142. The molecule has 1 amide bonds. The maximum Gasteiger partial charge on any atom is 0.310 e. The summed E-state index contributed by atoms with van der Waals surface area (Å²) >= 11 is 6.36. The average molecular weight is 804 g/mol. The molecule has 56 heavy (non-hydrogen) atoms. The van der Waals surface area contributed by atoms with Crippen molar-refractivity contribution in [1.82, 2.24) is 25.6 Å². The smallest absolute Gasteiger partial charge is 0.310 e. The number of carbonyl (C=O) groups is 2. The Morgan fingerprint density at radius 1 is 0.786 bits per heavy atom. The molecule has 5 rings (SSSR count). The number of anilines is 4. The van der Waals surface area contributed by atoms with Gasteiger partial charge < -0.3 is 25.4 Å². The van der Waals surface area contributed by atoms with E-state index in [1.807, 2.05) is 24.3 Å². The normalized spacial score (nSPS) is 11.2. The van der Waals surface area contributed by atoms with Gasteiger partial charge in [-0.25, -0.2) is 18.0 Å². The third kappa shape index (κ3) is 12.5. The third-order valence-electron chi connectivity index (χ3n) is 8.71. The zero-order chi connectivity index (χ0) is 39.6. The molecule has 0 aliphatic rings. The molecule has 0 saturated heterocycles. The Balaban J connectivity index is 0.906. The molecule has 0 unspecified atom stereocenters. The maximum absolute atomic E-state index is 12.8. The minimum absolute atomic E-state index is 0.106. The number of aromatic nitrogens is 4. The summed E-state index contributed by atoms with van der Waals surface area (Å²) in [6, 6.07) is 22.4. The molecule has 0 aliphatic carbocycles. The molecule has 0 saturated carbocycles. The van der Waals surface area contributed by atoms with E-state index in [0.717, 1.165) is 69.8 Å². The lowest BCUT2D eigenvalue weighted by Crippen LogP contribution is -2.19. The molecule has 5 aromatic rings. The molecule has 3 N–H and O–H groups in total. The van der Waals surface area contributed by atoms with Gasteiger partial charge in [-0.15, -0.1) is 0 Å². The molecule has 0 atom stereocenters. The van der Waals surface area contributed by atoms with Crippen LogP contribution in [-0.2, 0) is 25.8 Å². The highest BCUT2D eigenvalue weighted by Crippen LogP contribution is 2.28. The summed E-state index contributed by atoms with van der Waals surface area (Å²) in [5.74, 6) is -0.0246.